The van der Waals surface area contributed by atoms with Crippen molar-refractivity contribution in [3.05, 3.63) is 84.4 Å². The molecule has 0 fully saturated rings. The number of aryl methyl sites for hydroxylation is 1. The summed E-state index contributed by atoms with van der Waals surface area (Å²) in [4.78, 5) is 12.5. The zero-order valence-corrected chi connectivity index (χ0v) is 18.1. The van der Waals surface area contributed by atoms with E-state index in [2.05, 4.69) is 21.6 Å². The summed E-state index contributed by atoms with van der Waals surface area (Å²) in [5.74, 6) is 1.58. The van der Waals surface area contributed by atoms with Gasteiger partial charge in [-0.25, -0.2) is 0 Å². The fourth-order valence-electron chi connectivity index (χ4n) is 3.15. The first kappa shape index (κ1) is 20.7. The maximum Gasteiger partial charge on any atom is 0.234 e. The average molecular weight is 431 g/mol. The Labute approximate surface area is 185 Å². The molecular formula is C24H22N4O2S. The van der Waals surface area contributed by atoms with E-state index in [0.29, 0.717) is 5.16 Å². The van der Waals surface area contributed by atoms with E-state index in [0.717, 1.165) is 34.1 Å². The summed E-state index contributed by atoms with van der Waals surface area (Å²) in [7, 11) is 1.61. The number of para-hydroxylation sites is 1. The number of nitrogens with zero attached hydrogens (tertiary/aromatic N) is 3. The molecule has 0 radical (unpaired) electrons. The number of hydrogen-bond donors (Lipinski definition) is 1. The van der Waals surface area contributed by atoms with Crippen LogP contribution in [0.5, 0.6) is 5.75 Å². The van der Waals surface area contributed by atoms with E-state index in [1.54, 1.807) is 7.11 Å². The topological polar surface area (TPSA) is 69.0 Å². The first-order chi connectivity index (χ1) is 15.1. The molecule has 0 aliphatic carbocycles. The molecule has 1 heterocycles. The number of ether oxygens (including phenoxy) is 1. The van der Waals surface area contributed by atoms with Gasteiger partial charge >= 0.3 is 0 Å². The monoisotopic (exact) mass is 430 g/mol. The normalized spacial score (nSPS) is 10.6. The van der Waals surface area contributed by atoms with Crippen LogP contribution in [0.25, 0.3) is 17.1 Å². The number of benzene rings is 3. The smallest absolute Gasteiger partial charge is 0.234 e. The van der Waals surface area contributed by atoms with Gasteiger partial charge in [-0.1, -0.05) is 53.7 Å². The molecule has 0 unspecified atom stereocenters. The molecule has 3 aromatic carbocycles. The average Bonchev–Trinajstić information content (AvgIpc) is 3.23. The van der Waals surface area contributed by atoms with Gasteiger partial charge in [0.2, 0.25) is 5.91 Å². The third-order valence-electron chi connectivity index (χ3n) is 4.63. The van der Waals surface area contributed by atoms with Crippen LogP contribution in [0.4, 0.5) is 5.69 Å². The number of carbonyl (C=O) groups excluding carboxylic acids is 1. The zero-order valence-electron chi connectivity index (χ0n) is 17.3. The molecule has 4 aromatic rings. The van der Waals surface area contributed by atoms with Gasteiger partial charge in [-0.2, -0.15) is 0 Å². The van der Waals surface area contributed by atoms with Gasteiger partial charge in [0.15, 0.2) is 11.0 Å². The molecule has 0 atom stereocenters. The molecule has 1 N–H and O–H groups in total. The van der Waals surface area contributed by atoms with Crippen molar-refractivity contribution < 1.29 is 9.53 Å². The highest BCUT2D eigenvalue weighted by Gasteiger charge is 2.17. The molecule has 7 heteroatoms. The summed E-state index contributed by atoms with van der Waals surface area (Å²) >= 11 is 1.35. The van der Waals surface area contributed by atoms with E-state index in [-0.39, 0.29) is 11.7 Å². The molecule has 1 aromatic heterocycles. The highest BCUT2D eigenvalue weighted by atomic mass is 32.2. The second-order valence-electron chi connectivity index (χ2n) is 6.91. The molecule has 0 saturated heterocycles. The number of methoxy groups -OCH3 is 1. The van der Waals surface area contributed by atoms with Gasteiger partial charge in [0.25, 0.3) is 0 Å². The van der Waals surface area contributed by atoms with Gasteiger partial charge in [0.1, 0.15) is 5.75 Å². The Kier molecular flexibility index (Phi) is 6.33. The largest absolute Gasteiger partial charge is 0.497 e. The predicted molar refractivity (Wildman–Crippen MR) is 124 cm³/mol. The summed E-state index contributed by atoms with van der Waals surface area (Å²) in [5, 5.41) is 12.4. The summed E-state index contributed by atoms with van der Waals surface area (Å²) in [6, 6.07) is 25.3. The standard InChI is InChI=1S/C24H22N4O2S/c1-17-7-6-8-18(15-17)23-26-27-24(28(23)20-9-4-3-5-10-20)31-16-22(29)25-19-11-13-21(30-2)14-12-19/h3-15H,16H2,1-2H3,(H,25,29). The Morgan fingerprint density at radius 2 is 1.77 bits per heavy atom. The molecule has 4 rings (SSSR count). The first-order valence-electron chi connectivity index (χ1n) is 9.78. The van der Waals surface area contributed by atoms with Crippen LogP contribution in [-0.4, -0.2) is 33.5 Å². The van der Waals surface area contributed by atoms with Gasteiger partial charge in [0.05, 0.1) is 12.9 Å². The third kappa shape index (κ3) is 4.95. The Morgan fingerprint density at radius 1 is 1.00 bits per heavy atom. The first-order valence-corrected chi connectivity index (χ1v) is 10.8. The lowest BCUT2D eigenvalue weighted by molar-refractivity contribution is -0.113. The minimum Gasteiger partial charge on any atom is -0.497 e. The molecule has 0 bridgehead atoms. The Morgan fingerprint density at radius 3 is 2.48 bits per heavy atom. The van der Waals surface area contributed by atoms with Crippen LogP contribution >= 0.6 is 11.8 Å². The van der Waals surface area contributed by atoms with Crippen molar-refractivity contribution in [1.29, 1.82) is 0 Å². The SMILES string of the molecule is COc1ccc(NC(=O)CSc2nnc(-c3cccc(C)c3)n2-c2ccccc2)cc1. The molecule has 156 valence electrons. The molecular weight excluding hydrogens is 408 g/mol. The van der Waals surface area contributed by atoms with Crippen molar-refractivity contribution >= 4 is 23.4 Å². The second-order valence-corrected chi connectivity index (χ2v) is 7.85. The summed E-state index contributed by atoms with van der Waals surface area (Å²) < 4.78 is 7.13. The van der Waals surface area contributed by atoms with Crippen LogP contribution in [0.15, 0.2) is 84.0 Å². The number of nitrogens with one attached hydrogen (secondary N) is 1. The molecule has 0 aliphatic heterocycles. The second kappa shape index (κ2) is 9.49. The number of amides is 1. The van der Waals surface area contributed by atoms with Crippen LogP contribution < -0.4 is 10.1 Å². The number of carbonyl (C=O) groups is 1. The van der Waals surface area contributed by atoms with E-state index in [1.165, 1.54) is 11.8 Å². The quantitative estimate of drug-likeness (QED) is 0.419. The number of anilines is 1. The van der Waals surface area contributed by atoms with Crippen LogP contribution in [0.1, 0.15) is 5.56 Å². The van der Waals surface area contributed by atoms with E-state index in [4.69, 9.17) is 4.74 Å². The Hall–Kier alpha value is -3.58. The fraction of sp³-hybridized carbons (Fsp3) is 0.125. The predicted octanol–water partition coefficient (Wildman–Crippen LogP) is 4.98. The summed E-state index contributed by atoms with van der Waals surface area (Å²) in [6.07, 6.45) is 0. The molecule has 0 saturated carbocycles. The summed E-state index contributed by atoms with van der Waals surface area (Å²) in [5.41, 5.74) is 3.79. The van der Waals surface area contributed by atoms with Crippen molar-refractivity contribution in [2.75, 3.05) is 18.2 Å². The summed E-state index contributed by atoms with van der Waals surface area (Å²) in [6.45, 7) is 2.05. The number of thioether (sulfide) groups is 1. The van der Waals surface area contributed by atoms with Crippen LogP contribution in [0, 0.1) is 6.92 Å². The highest BCUT2D eigenvalue weighted by Crippen LogP contribution is 2.28. The van der Waals surface area contributed by atoms with Crippen molar-refractivity contribution in [2.45, 2.75) is 12.1 Å². The fourth-order valence-corrected chi connectivity index (χ4v) is 3.90. The lowest BCUT2D eigenvalue weighted by Crippen LogP contribution is -2.14. The van der Waals surface area contributed by atoms with E-state index < -0.39 is 0 Å². The number of hydrogen-bond acceptors (Lipinski definition) is 5. The van der Waals surface area contributed by atoms with Crippen molar-refractivity contribution in [3.63, 3.8) is 0 Å². The van der Waals surface area contributed by atoms with Crippen LogP contribution in [0.3, 0.4) is 0 Å². The van der Waals surface area contributed by atoms with Crippen molar-refractivity contribution in [2.24, 2.45) is 0 Å². The molecule has 0 spiro atoms. The maximum atomic E-state index is 12.5. The Balaban J connectivity index is 1.56. The lowest BCUT2D eigenvalue weighted by atomic mass is 10.1. The maximum absolute atomic E-state index is 12.5. The number of aromatic nitrogens is 3. The van der Waals surface area contributed by atoms with Gasteiger partial charge < -0.3 is 10.1 Å². The van der Waals surface area contributed by atoms with Gasteiger partial charge in [-0.15, -0.1) is 10.2 Å². The van der Waals surface area contributed by atoms with Gasteiger partial charge in [0, 0.05) is 16.9 Å². The Bertz CT molecular complexity index is 1170. The minimum absolute atomic E-state index is 0.116. The van der Waals surface area contributed by atoms with Gasteiger partial charge in [-0.05, 0) is 49.4 Å². The highest BCUT2D eigenvalue weighted by molar-refractivity contribution is 7.99. The van der Waals surface area contributed by atoms with Crippen molar-refractivity contribution in [1.82, 2.24) is 14.8 Å². The number of rotatable bonds is 7. The van der Waals surface area contributed by atoms with E-state index in [1.807, 2.05) is 84.3 Å². The minimum atomic E-state index is -0.116. The van der Waals surface area contributed by atoms with Crippen LogP contribution in [0.2, 0.25) is 0 Å². The third-order valence-corrected chi connectivity index (χ3v) is 5.56. The molecule has 0 aliphatic rings. The molecule has 31 heavy (non-hydrogen) atoms. The molecule has 1 amide bonds. The van der Waals surface area contributed by atoms with Gasteiger partial charge in [-0.3, -0.25) is 9.36 Å². The van der Waals surface area contributed by atoms with Crippen LogP contribution in [-0.2, 0) is 4.79 Å². The van der Waals surface area contributed by atoms with Crippen molar-refractivity contribution in [3.8, 4) is 22.8 Å². The van der Waals surface area contributed by atoms with E-state index >= 15 is 0 Å². The van der Waals surface area contributed by atoms with E-state index in [9.17, 15) is 4.79 Å². The zero-order chi connectivity index (χ0) is 21.6. The lowest BCUT2D eigenvalue weighted by Gasteiger charge is -2.11. The molecule has 6 nitrogen and oxygen atoms in total.